The van der Waals surface area contributed by atoms with Crippen LogP contribution >= 0.6 is 0 Å². The normalized spacial score (nSPS) is 16.4. The smallest absolute Gasteiger partial charge is 0.410 e. The zero-order valence-corrected chi connectivity index (χ0v) is 21.1. The first-order valence-corrected chi connectivity index (χ1v) is 13.8. The van der Waals surface area contributed by atoms with Crippen molar-refractivity contribution in [2.24, 2.45) is 5.92 Å². The number of sulfonamides is 2. The van der Waals surface area contributed by atoms with Crippen LogP contribution in [0.1, 0.15) is 47.5 Å². The van der Waals surface area contributed by atoms with Crippen molar-refractivity contribution in [1.29, 1.82) is 0 Å². The van der Waals surface area contributed by atoms with Crippen LogP contribution in [0, 0.1) is 5.92 Å². The summed E-state index contributed by atoms with van der Waals surface area (Å²) in [4.78, 5) is 13.7. The molecule has 0 unspecified atom stereocenters. The van der Waals surface area contributed by atoms with Gasteiger partial charge in [-0.05, 0) is 57.7 Å². The number of carbonyl (C=O) groups excluding carboxylic acids is 1. The summed E-state index contributed by atoms with van der Waals surface area (Å²) in [5, 5.41) is 0. The molecule has 0 aromatic heterocycles. The standard InChI is InChI=1S/C21H35N3O6S2/c1-6-24(7-2)32(28,29)19-10-8-9-18(15-19)31(26,27)22-16-17-11-13-23(14-12-17)20(25)30-21(3,4)5/h8-10,15,17,22H,6-7,11-14,16H2,1-5H3. The molecular weight excluding hydrogens is 454 g/mol. The van der Waals surface area contributed by atoms with E-state index in [0.717, 1.165) is 0 Å². The highest BCUT2D eigenvalue weighted by Gasteiger charge is 2.28. The summed E-state index contributed by atoms with van der Waals surface area (Å²) in [6.07, 6.45) is 0.943. The topological polar surface area (TPSA) is 113 Å². The van der Waals surface area contributed by atoms with E-state index in [2.05, 4.69) is 4.72 Å². The Bertz CT molecular complexity index is 991. The van der Waals surface area contributed by atoms with Gasteiger partial charge in [-0.1, -0.05) is 19.9 Å². The summed E-state index contributed by atoms with van der Waals surface area (Å²) in [5.74, 6) is 0.0750. The van der Waals surface area contributed by atoms with E-state index in [1.54, 1.807) is 18.7 Å². The molecule has 9 nitrogen and oxygen atoms in total. The Morgan fingerprint density at radius 2 is 1.66 bits per heavy atom. The van der Waals surface area contributed by atoms with Crippen molar-refractivity contribution in [2.45, 2.75) is 62.9 Å². The third kappa shape index (κ3) is 6.90. The second-order valence-corrected chi connectivity index (χ2v) is 12.5. The van der Waals surface area contributed by atoms with E-state index in [0.29, 0.717) is 39.0 Å². The second kappa shape index (κ2) is 10.5. The van der Waals surface area contributed by atoms with E-state index in [1.807, 2.05) is 20.8 Å². The van der Waals surface area contributed by atoms with Gasteiger partial charge in [-0.25, -0.2) is 26.4 Å². The van der Waals surface area contributed by atoms with E-state index >= 15 is 0 Å². The maximum Gasteiger partial charge on any atom is 0.410 e. The average Bonchev–Trinajstić information content (AvgIpc) is 2.72. The van der Waals surface area contributed by atoms with E-state index in [-0.39, 0.29) is 28.3 Å². The fourth-order valence-electron chi connectivity index (χ4n) is 3.47. The summed E-state index contributed by atoms with van der Waals surface area (Å²) in [6.45, 7) is 10.7. The van der Waals surface area contributed by atoms with Crippen molar-refractivity contribution in [3.8, 4) is 0 Å². The quantitative estimate of drug-likeness (QED) is 0.601. The molecule has 1 heterocycles. The van der Waals surface area contributed by atoms with Gasteiger partial charge in [0.05, 0.1) is 9.79 Å². The molecule has 0 aliphatic carbocycles. The molecule has 32 heavy (non-hydrogen) atoms. The van der Waals surface area contributed by atoms with Crippen molar-refractivity contribution in [1.82, 2.24) is 13.9 Å². The van der Waals surface area contributed by atoms with Crippen LogP contribution in [-0.2, 0) is 24.8 Å². The number of benzene rings is 1. The van der Waals surface area contributed by atoms with Crippen LogP contribution in [0.25, 0.3) is 0 Å². The molecule has 1 aliphatic heterocycles. The molecule has 0 saturated carbocycles. The van der Waals surface area contributed by atoms with Gasteiger partial charge in [-0.3, -0.25) is 0 Å². The number of nitrogens with zero attached hydrogens (tertiary/aromatic N) is 2. The number of hydrogen-bond acceptors (Lipinski definition) is 6. The van der Waals surface area contributed by atoms with Crippen LogP contribution in [0.15, 0.2) is 34.1 Å². The number of amides is 1. The first kappa shape index (κ1) is 26.6. The van der Waals surface area contributed by atoms with Gasteiger partial charge in [0.1, 0.15) is 5.60 Å². The first-order valence-electron chi connectivity index (χ1n) is 10.9. The lowest BCUT2D eigenvalue weighted by Crippen LogP contribution is -2.43. The highest BCUT2D eigenvalue weighted by molar-refractivity contribution is 7.90. The molecule has 182 valence electrons. The van der Waals surface area contributed by atoms with Gasteiger partial charge in [0, 0.05) is 32.7 Å². The highest BCUT2D eigenvalue weighted by atomic mass is 32.2. The van der Waals surface area contributed by atoms with Crippen molar-refractivity contribution in [2.75, 3.05) is 32.7 Å². The Morgan fingerprint density at radius 1 is 1.09 bits per heavy atom. The monoisotopic (exact) mass is 489 g/mol. The van der Waals surface area contributed by atoms with Crippen LogP contribution < -0.4 is 4.72 Å². The van der Waals surface area contributed by atoms with Crippen molar-refractivity contribution < 1.29 is 26.4 Å². The minimum absolute atomic E-state index is 0.0465. The molecule has 1 amide bonds. The van der Waals surface area contributed by atoms with E-state index in [9.17, 15) is 21.6 Å². The third-order valence-electron chi connectivity index (χ3n) is 5.29. The van der Waals surface area contributed by atoms with Gasteiger partial charge in [0.25, 0.3) is 0 Å². The van der Waals surface area contributed by atoms with Gasteiger partial charge in [-0.15, -0.1) is 0 Å². The summed E-state index contributed by atoms with van der Waals surface area (Å²) >= 11 is 0. The molecule has 1 aliphatic rings. The lowest BCUT2D eigenvalue weighted by molar-refractivity contribution is 0.0185. The predicted molar refractivity (Wildman–Crippen MR) is 122 cm³/mol. The molecule has 2 rings (SSSR count). The largest absolute Gasteiger partial charge is 0.444 e. The van der Waals surface area contributed by atoms with Crippen LogP contribution in [-0.4, -0.2) is 70.5 Å². The second-order valence-electron chi connectivity index (χ2n) is 8.83. The molecule has 1 saturated heterocycles. The van der Waals surface area contributed by atoms with E-state index in [4.69, 9.17) is 4.74 Å². The molecule has 11 heteroatoms. The lowest BCUT2D eigenvalue weighted by Gasteiger charge is -2.33. The van der Waals surface area contributed by atoms with Gasteiger partial charge >= 0.3 is 6.09 Å². The Kier molecular flexibility index (Phi) is 8.71. The van der Waals surface area contributed by atoms with Gasteiger partial charge in [0.15, 0.2) is 0 Å². The number of piperidine rings is 1. The Morgan fingerprint density at radius 3 is 2.19 bits per heavy atom. The molecule has 0 spiro atoms. The van der Waals surface area contributed by atoms with E-state index in [1.165, 1.54) is 28.6 Å². The van der Waals surface area contributed by atoms with Crippen LogP contribution in [0.4, 0.5) is 4.79 Å². The van der Waals surface area contributed by atoms with Crippen molar-refractivity contribution in [3.63, 3.8) is 0 Å². The zero-order valence-electron chi connectivity index (χ0n) is 19.5. The molecule has 1 fully saturated rings. The van der Waals surface area contributed by atoms with Crippen molar-refractivity contribution in [3.05, 3.63) is 24.3 Å². The minimum Gasteiger partial charge on any atom is -0.444 e. The number of ether oxygens (including phenoxy) is 1. The molecule has 0 radical (unpaired) electrons. The van der Waals surface area contributed by atoms with Crippen molar-refractivity contribution >= 4 is 26.1 Å². The van der Waals surface area contributed by atoms with E-state index < -0.39 is 25.6 Å². The van der Waals surface area contributed by atoms with Gasteiger partial charge < -0.3 is 9.64 Å². The zero-order chi connectivity index (χ0) is 24.2. The fourth-order valence-corrected chi connectivity index (χ4v) is 6.21. The number of rotatable bonds is 8. The minimum atomic E-state index is -3.87. The lowest BCUT2D eigenvalue weighted by atomic mass is 9.97. The summed E-state index contributed by atoms with van der Waals surface area (Å²) < 4.78 is 60.3. The molecule has 1 aromatic rings. The molecule has 1 N–H and O–H groups in total. The Labute approximate surface area is 192 Å². The molecule has 0 atom stereocenters. The Hall–Kier alpha value is -1.69. The SMILES string of the molecule is CCN(CC)S(=O)(=O)c1cccc(S(=O)(=O)NCC2CCN(C(=O)OC(C)(C)C)CC2)c1. The molecular formula is C21H35N3O6S2. The Balaban J connectivity index is 2.00. The fraction of sp³-hybridized carbons (Fsp3) is 0.667. The van der Waals surface area contributed by atoms with Crippen LogP contribution in [0.5, 0.6) is 0 Å². The number of nitrogens with one attached hydrogen (secondary N) is 1. The first-order chi connectivity index (χ1) is 14.8. The maximum atomic E-state index is 12.8. The number of likely N-dealkylation sites (tertiary alicyclic amines) is 1. The summed E-state index contributed by atoms with van der Waals surface area (Å²) in [5.41, 5.74) is -0.559. The average molecular weight is 490 g/mol. The summed E-state index contributed by atoms with van der Waals surface area (Å²) in [7, 11) is -7.63. The van der Waals surface area contributed by atoms with Crippen LogP contribution in [0.3, 0.4) is 0 Å². The number of hydrogen-bond donors (Lipinski definition) is 1. The van der Waals surface area contributed by atoms with Gasteiger partial charge in [-0.2, -0.15) is 4.31 Å². The molecule has 1 aromatic carbocycles. The highest BCUT2D eigenvalue weighted by Crippen LogP contribution is 2.22. The number of carbonyl (C=O) groups is 1. The third-order valence-corrected chi connectivity index (χ3v) is 8.75. The maximum absolute atomic E-state index is 12.8. The van der Waals surface area contributed by atoms with Gasteiger partial charge in [0.2, 0.25) is 20.0 Å². The summed E-state index contributed by atoms with van der Waals surface area (Å²) in [6, 6.07) is 5.42. The predicted octanol–water partition coefficient (Wildman–Crippen LogP) is 2.64. The van der Waals surface area contributed by atoms with Crippen LogP contribution in [0.2, 0.25) is 0 Å². The molecule has 0 bridgehead atoms.